The van der Waals surface area contributed by atoms with Gasteiger partial charge in [0.1, 0.15) is 0 Å². The van der Waals surface area contributed by atoms with E-state index in [9.17, 15) is 13.2 Å². The third-order valence-electron chi connectivity index (χ3n) is 3.99. The monoisotopic (exact) mass is 356 g/mol. The Morgan fingerprint density at radius 1 is 1.22 bits per heavy atom. The summed E-state index contributed by atoms with van der Waals surface area (Å²) >= 11 is 1.76. The minimum atomic E-state index is -3.46. The smallest absolute Gasteiger partial charge is 0.251 e. The maximum absolute atomic E-state index is 12.5. The molecule has 2 aliphatic rings. The minimum absolute atomic E-state index is 0.0387. The molecule has 1 aromatic rings. The molecule has 8 heteroatoms. The summed E-state index contributed by atoms with van der Waals surface area (Å²) in [6, 6.07) is 6.19. The molecule has 1 unspecified atom stereocenters. The van der Waals surface area contributed by atoms with Crippen LogP contribution in [0.2, 0.25) is 0 Å². The van der Waals surface area contributed by atoms with Gasteiger partial charge in [0.25, 0.3) is 5.91 Å². The van der Waals surface area contributed by atoms with Crippen LogP contribution in [0.15, 0.2) is 29.2 Å². The van der Waals surface area contributed by atoms with E-state index < -0.39 is 10.0 Å². The molecule has 0 spiro atoms. The van der Waals surface area contributed by atoms with E-state index in [4.69, 9.17) is 4.74 Å². The van der Waals surface area contributed by atoms with Crippen LogP contribution < -0.4 is 5.32 Å². The van der Waals surface area contributed by atoms with E-state index in [1.165, 1.54) is 16.4 Å². The number of carbonyl (C=O) groups excluding carboxylic acids is 1. The van der Waals surface area contributed by atoms with Gasteiger partial charge in [0, 0.05) is 36.8 Å². The standard InChI is InChI=1S/C15H20N2O4S2/c18-15(16-13-5-8-21-11-13)12-1-3-14(4-2-12)23(19,20)17-6-9-22-10-7-17/h1-4,13H,5-11H2,(H,16,18). The zero-order chi connectivity index (χ0) is 16.3. The molecule has 3 rings (SSSR count). The number of carbonyl (C=O) groups is 1. The molecule has 0 aromatic heterocycles. The third-order valence-corrected chi connectivity index (χ3v) is 6.84. The van der Waals surface area contributed by atoms with Crippen molar-refractivity contribution in [2.45, 2.75) is 17.4 Å². The van der Waals surface area contributed by atoms with Gasteiger partial charge >= 0.3 is 0 Å². The van der Waals surface area contributed by atoms with Gasteiger partial charge in [-0.1, -0.05) is 0 Å². The molecule has 0 radical (unpaired) electrons. The molecule has 6 nitrogen and oxygen atoms in total. The Labute approximate surface area is 140 Å². The van der Waals surface area contributed by atoms with Gasteiger partial charge in [-0.25, -0.2) is 8.42 Å². The van der Waals surface area contributed by atoms with E-state index in [2.05, 4.69) is 5.32 Å². The molecule has 23 heavy (non-hydrogen) atoms. The van der Waals surface area contributed by atoms with Crippen LogP contribution in [0.1, 0.15) is 16.8 Å². The van der Waals surface area contributed by atoms with Crippen molar-refractivity contribution in [3.05, 3.63) is 29.8 Å². The molecule has 1 aromatic carbocycles. The first-order chi connectivity index (χ1) is 11.1. The summed E-state index contributed by atoms with van der Waals surface area (Å²) in [6.07, 6.45) is 0.811. The Balaban J connectivity index is 1.69. The lowest BCUT2D eigenvalue weighted by Gasteiger charge is -2.25. The van der Waals surface area contributed by atoms with Gasteiger partial charge in [-0.15, -0.1) is 0 Å². The second-order valence-electron chi connectivity index (χ2n) is 5.57. The van der Waals surface area contributed by atoms with Crippen molar-refractivity contribution in [3.8, 4) is 0 Å². The van der Waals surface area contributed by atoms with Crippen molar-refractivity contribution in [1.82, 2.24) is 9.62 Å². The Bertz CT molecular complexity index is 649. The van der Waals surface area contributed by atoms with Crippen LogP contribution in [0.4, 0.5) is 0 Å². The van der Waals surface area contributed by atoms with Gasteiger partial charge in [-0.05, 0) is 30.7 Å². The van der Waals surface area contributed by atoms with E-state index in [0.717, 1.165) is 17.9 Å². The van der Waals surface area contributed by atoms with Crippen LogP contribution in [0.5, 0.6) is 0 Å². The van der Waals surface area contributed by atoms with Crippen LogP contribution in [0, 0.1) is 0 Å². The molecule has 2 aliphatic heterocycles. The SMILES string of the molecule is O=C(NC1CCOC1)c1ccc(S(=O)(=O)N2CCSCC2)cc1. The lowest BCUT2D eigenvalue weighted by Crippen LogP contribution is -2.38. The second-order valence-corrected chi connectivity index (χ2v) is 8.74. The van der Waals surface area contributed by atoms with Gasteiger partial charge in [-0.3, -0.25) is 4.79 Å². The number of sulfonamides is 1. The normalized spacial score (nSPS) is 22.9. The van der Waals surface area contributed by atoms with Crippen LogP contribution in [-0.2, 0) is 14.8 Å². The maximum atomic E-state index is 12.5. The summed E-state index contributed by atoms with van der Waals surface area (Å²) in [5, 5.41) is 2.89. The highest BCUT2D eigenvalue weighted by atomic mass is 32.2. The van der Waals surface area contributed by atoms with Gasteiger partial charge < -0.3 is 10.1 Å². The van der Waals surface area contributed by atoms with Gasteiger partial charge in [-0.2, -0.15) is 16.1 Å². The van der Waals surface area contributed by atoms with Crippen LogP contribution in [-0.4, -0.2) is 62.5 Å². The zero-order valence-electron chi connectivity index (χ0n) is 12.7. The Kier molecular flexibility index (Phi) is 5.25. The second kappa shape index (κ2) is 7.21. The van der Waals surface area contributed by atoms with Gasteiger partial charge in [0.05, 0.1) is 17.5 Å². The first kappa shape index (κ1) is 16.8. The fraction of sp³-hybridized carbons (Fsp3) is 0.533. The zero-order valence-corrected chi connectivity index (χ0v) is 14.4. The number of benzene rings is 1. The molecule has 2 fully saturated rings. The van der Waals surface area contributed by atoms with Gasteiger partial charge in [0.2, 0.25) is 10.0 Å². The van der Waals surface area contributed by atoms with E-state index >= 15 is 0 Å². The van der Waals surface area contributed by atoms with Crippen molar-refractivity contribution in [2.75, 3.05) is 37.8 Å². The van der Waals surface area contributed by atoms with Crippen molar-refractivity contribution in [1.29, 1.82) is 0 Å². The van der Waals surface area contributed by atoms with E-state index in [1.807, 2.05) is 0 Å². The van der Waals surface area contributed by atoms with E-state index in [0.29, 0.717) is 31.9 Å². The van der Waals surface area contributed by atoms with Crippen molar-refractivity contribution in [2.24, 2.45) is 0 Å². The average molecular weight is 356 g/mol. The number of hydrogen-bond donors (Lipinski definition) is 1. The highest BCUT2D eigenvalue weighted by Crippen LogP contribution is 2.20. The van der Waals surface area contributed by atoms with E-state index in [-0.39, 0.29) is 16.8 Å². The number of hydrogen-bond acceptors (Lipinski definition) is 5. The summed E-state index contributed by atoms with van der Waals surface area (Å²) < 4.78 is 31.8. The molecule has 0 aliphatic carbocycles. The van der Waals surface area contributed by atoms with Crippen LogP contribution in [0.3, 0.4) is 0 Å². The molecule has 2 saturated heterocycles. The summed E-state index contributed by atoms with van der Waals surface area (Å²) in [6.45, 7) is 2.27. The van der Waals surface area contributed by atoms with Crippen molar-refractivity contribution < 1.29 is 17.9 Å². The highest BCUT2D eigenvalue weighted by Gasteiger charge is 2.26. The van der Waals surface area contributed by atoms with E-state index in [1.54, 1.807) is 23.9 Å². The van der Waals surface area contributed by atoms with Crippen LogP contribution in [0.25, 0.3) is 0 Å². The fourth-order valence-corrected chi connectivity index (χ4v) is 5.21. The first-order valence-corrected chi connectivity index (χ1v) is 10.2. The summed E-state index contributed by atoms with van der Waals surface area (Å²) in [5.41, 5.74) is 0.463. The highest BCUT2D eigenvalue weighted by molar-refractivity contribution is 7.99. The number of nitrogens with one attached hydrogen (secondary N) is 1. The van der Waals surface area contributed by atoms with Gasteiger partial charge in [0.15, 0.2) is 0 Å². The molecule has 2 heterocycles. The molecule has 0 bridgehead atoms. The lowest BCUT2D eigenvalue weighted by molar-refractivity contribution is 0.0930. The predicted octanol–water partition coefficient (Wildman–Crippen LogP) is 0.943. The topological polar surface area (TPSA) is 75.7 Å². The number of nitrogens with zero attached hydrogens (tertiary/aromatic N) is 1. The molecule has 0 saturated carbocycles. The quantitative estimate of drug-likeness (QED) is 0.869. The minimum Gasteiger partial charge on any atom is -0.379 e. The number of rotatable bonds is 4. The molecule has 1 atom stereocenters. The lowest BCUT2D eigenvalue weighted by atomic mass is 10.2. The molecule has 1 amide bonds. The Hall–Kier alpha value is -1.09. The fourth-order valence-electron chi connectivity index (χ4n) is 2.63. The van der Waals surface area contributed by atoms with Crippen LogP contribution >= 0.6 is 11.8 Å². The summed E-state index contributed by atoms with van der Waals surface area (Å²) in [5.74, 6) is 1.45. The third kappa shape index (κ3) is 3.88. The number of amides is 1. The number of ether oxygens (including phenoxy) is 1. The molecular formula is C15H20N2O4S2. The van der Waals surface area contributed by atoms with Crippen molar-refractivity contribution >= 4 is 27.7 Å². The Morgan fingerprint density at radius 3 is 2.52 bits per heavy atom. The predicted molar refractivity (Wildman–Crippen MR) is 89.2 cm³/mol. The molecule has 126 valence electrons. The summed E-state index contributed by atoms with van der Waals surface area (Å²) in [7, 11) is -3.46. The molecular weight excluding hydrogens is 336 g/mol. The first-order valence-electron chi connectivity index (χ1n) is 7.64. The molecule has 1 N–H and O–H groups in total. The maximum Gasteiger partial charge on any atom is 0.251 e. The average Bonchev–Trinajstić information content (AvgIpc) is 3.09. The Morgan fingerprint density at radius 2 is 1.91 bits per heavy atom. The summed E-state index contributed by atoms with van der Waals surface area (Å²) in [4.78, 5) is 12.4. The van der Waals surface area contributed by atoms with Crippen molar-refractivity contribution in [3.63, 3.8) is 0 Å². The number of thioether (sulfide) groups is 1. The largest absolute Gasteiger partial charge is 0.379 e.